The minimum absolute atomic E-state index is 0.286. The number of carbonyl (C=O) groups is 1. The van der Waals surface area contributed by atoms with Gasteiger partial charge in [0, 0.05) is 5.69 Å². The van der Waals surface area contributed by atoms with E-state index in [0.29, 0.717) is 10.7 Å². The van der Waals surface area contributed by atoms with Crippen molar-refractivity contribution >= 4 is 34.8 Å². The molecule has 1 amide bonds. The average Bonchev–Trinajstić information content (AvgIpc) is 2.11. The Morgan fingerprint density at radius 1 is 1.36 bits per heavy atom. The van der Waals surface area contributed by atoms with Crippen molar-refractivity contribution in [1.82, 2.24) is 0 Å². The lowest BCUT2D eigenvalue weighted by molar-refractivity contribution is -0.114. The Morgan fingerprint density at radius 3 is 2.50 bits per heavy atom. The molecule has 1 N–H and O–H groups in total. The van der Waals surface area contributed by atoms with E-state index in [-0.39, 0.29) is 5.02 Å². The van der Waals surface area contributed by atoms with E-state index in [0.717, 1.165) is 0 Å². The van der Waals surface area contributed by atoms with Crippen molar-refractivity contribution in [2.75, 3.05) is 5.32 Å². The van der Waals surface area contributed by atoms with Crippen LogP contribution in [0.25, 0.3) is 0 Å². The summed E-state index contributed by atoms with van der Waals surface area (Å²) in [5.41, 5.74) is 0.364. The first-order valence-corrected chi connectivity index (χ1v) is 4.37. The van der Waals surface area contributed by atoms with Gasteiger partial charge in [-0.3, -0.25) is 4.79 Å². The second-order valence-electron chi connectivity index (χ2n) is 2.49. The Kier molecular flexibility index (Phi) is 3.49. The van der Waals surface area contributed by atoms with Crippen LogP contribution in [0.15, 0.2) is 30.6 Å². The highest BCUT2D eigenvalue weighted by molar-refractivity contribution is 6.42. The van der Waals surface area contributed by atoms with E-state index in [1.807, 2.05) is 0 Å². The van der Waals surface area contributed by atoms with E-state index in [2.05, 4.69) is 11.9 Å². The molecule has 0 aliphatic rings. The molecule has 74 valence electrons. The van der Waals surface area contributed by atoms with E-state index in [4.69, 9.17) is 23.2 Å². The number of nitrogens with one attached hydrogen (secondary N) is 1. The lowest BCUT2D eigenvalue weighted by atomic mass is 10.3. The van der Waals surface area contributed by atoms with Crippen LogP contribution >= 0.6 is 23.2 Å². The molecule has 0 unspecified atom stereocenters. The van der Waals surface area contributed by atoms with Gasteiger partial charge < -0.3 is 5.32 Å². The molecule has 0 bridgehead atoms. The van der Waals surface area contributed by atoms with Crippen LogP contribution in [0.1, 0.15) is 0 Å². The van der Waals surface area contributed by atoms with Gasteiger partial charge >= 0.3 is 0 Å². The van der Waals surface area contributed by atoms with Gasteiger partial charge in [-0.1, -0.05) is 29.8 Å². The van der Waals surface area contributed by atoms with Crippen LogP contribution in [-0.4, -0.2) is 5.91 Å². The predicted octanol–water partition coefficient (Wildman–Crippen LogP) is 3.42. The quantitative estimate of drug-likeness (QED) is 0.780. The summed E-state index contributed by atoms with van der Waals surface area (Å²) in [5.74, 6) is -1.96. The molecule has 14 heavy (non-hydrogen) atoms. The molecule has 1 aromatic carbocycles. The largest absolute Gasteiger partial charge is 0.320 e. The lowest BCUT2D eigenvalue weighted by Crippen LogP contribution is -2.10. The third-order valence-electron chi connectivity index (χ3n) is 1.42. The highest BCUT2D eigenvalue weighted by Gasteiger charge is 2.06. The van der Waals surface area contributed by atoms with Crippen molar-refractivity contribution in [3.63, 3.8) is 0 Å². The van der Waals surface area contributed by atoms with Crippen molar-refractivity contribution in [2.24, 2.45) is 0 Å². The molecule has 0 spiro atoms. The third kappa shape index (κ3) is 2.72. The van der Waals surface area contributed by atoms with Crippen LogP contribution in [0.3, 0.4) is 0 Å². The van der Waals surface area contributed by atoms with E-state index < -0.39 is 11.7 Å². The second-order valence-corrected chi connectivity index (χ2v) is 3.30. The number of rotatable bonds is 2. The molecule has 0 aliphatic heterocycles. The van der Waals surface area contributed by atoms with Gasteiger partial charge in [0.2, 0.25) is 0 Å². The zero-order valence-corrected chi connectivity index (χ0v) is 8.49. The van der Waals surface area contributed by atoms with Gasteiger partial charge in [0.15, 0.2) is 5.83 Å². The molecule has 0 saturated carbocycles. The normalized spacial score (nSPS) is 9.64. The highest BCUT2D eigenvalue weighted by atomic mass is 35.5. The van der Waals surface area contributed by atoms with Gasteiger partial charge in [-0.2, -0.15) is 0 Å². The number of benzene rings is 1. The van der Waals surface area contributed by atoms with E-state index in [1.165, 1.54) is 18.2 Å². The smallest absolute Gasteiger partial charge is 0.283 e. The molecule has 0 aliphatic carbocycles. The predicted molar refractivity (Wildman–Crippen MR) is 55.3 cm³/mol. The van der Waals surface area contributed by atoms with Gasteiger partial charge in [0.1, 0.15) is 0 Å². The first kappa shape index (κ1) is 11.0. The van der Waals surface area contributed by atoms with Crippen molar-refractivity contribution in [1.29, 1.82) is 0 Å². The van der Waals surface area contributed by atoms with E-state index in [1.54, 1.807) is 0 Å². The highest BCUT2D eigenvalue weighted by Crippen LogP contribution is 2.25. The first-order chi connectivity index (χ1) is 6.50. The van der Waals surface area contributed by atoms with Crippen LogP contribution in [0.4, 0.5) is 10.1 Å². The Hall–Kier alpha value is -1.06. The number of halogens is 3. The van der Waals surface area contributed by atoms with Gasteiger partial charge in [0.25, 0.3) is 5.91 Å². The maximum atomic E-state index is 12.3. The van der Waals surface area contributed by atoms with E-state index >= 15 is 0 Å². The van der Waals surface area contributed by atoms with Crippen LogP contribution in [0, 0.1) is 0 Å². The first-order valence-electron chi connectivity index (χ1n) is 3.61. The number of carbonyl (C=O) groups excluding carboxylic acids is 1. The van der Waals surface area contributed by atoms with Gasteiger partial charge in [0.05, 0.1) is 10.0 Å². The zero-order valence-electron chi connectivity index (χ0n) is 6.98. The van der Waals surface area contributed by atoms with Gasteiger partial charge in [-0.05, 0) is 18.2 Å². The summed E-state index contributed by atoms with van der Waals surface area (Å²) in [6, 6.07) is 4.43. The Bertz CT molecular complexity index is 392. The second kappa shape index (κ2) is 4.44. The fourth-order valence-corrected chi connectivity index (χ4v) is 1.07. The number of hydrogen-bond donors (Lipinski definition) is 1. The summed E-state index contributed by atoms with van der Waals surface area (Å²) in [4.78, 5) is 10.8. The number of hydrogen-bond acceptors (Lipinski definition) is 1. The minimum atomic E-state index is -1.06. The fourth-order valence-electron chi connectivity index (χ4n) is 0.773. The van der Waals surface area contributed by atoms with Gasteiger partial charge in [-0.15, -0.1) is 0 Å². The summed E-state index contributed by atoms with van der Waals surface area (Å²) in [5, 5.41) is 2.90. The van der Waals surface area contributed by atoms with Crippen molar-refractivity contribution in [3.05, 3.63) is 40.7 Å². The molecule has 2 nitrogen and oxygen atoms in total. The molecule has 0 saturated heterocycles. The maximum absolute atomic E-state index is 12.3. The Morgan fingerprint density at radius 2 is 2.00 bits per heavy atom. The molecule has 5 heteroatoms. The van der Waals surface area contributed by atoms with Crippen molar-refractivity contribution in [2.45, 2.75) is 0 Å². The minimum Gasteiger partial charge on any atom is -0.320 e. The van der Waals surface area contributed by atoms with Crippen LogP contribution in [-0.2, 0) is 4.79 Å². The SMILES string of the molecule is C=C(F)C(=O)Nc1ccc(Cl)c(Cl)c1. The average molecular weight is 234 g/mol. The summed E-state index contributed by atoms with van der Waals surface area (Å²) in [6.07, 6.45) is 0. The van der Waals surface area contributed by atoms with Crippen molar-refractivity contribution < 1.29 is 9.18 Å². The van der Waals surface area contributed by atoms with Crippen LogP contribution in [0.5, 0.6) is 0 Å². The van der Waals surface area contributed by atoms with Crippen LogP contribution < -0.4 is 5.32 Å². The zero-order chi connectivity index (χ0) is 10.7. The molecule has 1 rings (SSSR count). The molecule has 1 aromatic rings. The summed E-state index contributed by atoms with van der Waals surface area (Å²) >= 11 is 11.3. The molecule has 0 aromatic heterocycles. The van der Waals surface area contributed by atoms with Crippen molar-refractivity contribution in [3.8, 4) is 0 Å². The maximum Gasteiger partial charge on any atom is 0.283 e. The van der Waals surface area contributed by atoms with Crippen LogP contribution in [0.2, 0.25) is 10.0 Å². The number of anilines is 1. The summed E-state index contributed by atoms with van der Waals surface area (Å²) in [6.45, 7) is 2.85. The molecule has 0 radical (unpaired) electrons. The Labute approximate surface area is 90.3 Å². The van der Waals surface area contributed by atoms with Gasteiger partial charge in [-0.25, -0.2) is 4.39 Å². The fraction of sp³-hybridized carbons (Fsp3) is 0. The third-order valence-corrected chi connectivity index (χ3v) is 2.16. The molecular weight excluding hydrogens is 228 g/mol. The standard InChI is InChI=1S/C9H6Cl2FNO/c1-5(12)9(14)13-6-2-3-7(10)8(11)4-6/h2-4H,1H2,(H,13,14). The molecule has 0 fully saturated rings. The number of amides is 1. The topological polar surface area (TPSA) is 29.1 Å². The molecular formula is C9H6Cl2FNO. The monoisotopic (exact) mass is 233 g/mol. The lowest BCUT2D eigenvalue weighted by Gasteiger charge is -2.03. The molecule has 0 heterocycles. The Balaban J connectivity index is 2.83. The molecule has 0 atom stereocenters. The van der Waals surface area contributed by atoms with E-state index in [9.17, 15) is 9.18 Å². The summed E-state index contributed by atoms with van der Waals surface area (Å²) < 4.78 is 12.3. The summed E-state index contributed by atoms with van der Waals surface area (Å²) in [7, 11) is 0.